The number of para-hydroxylation sites is 2. The molecule has 0 spiro atoms. The second-order valence-electron chi connectivity index (χ2n) is 16.2. The van der Waals surface area contributed by atoms with Gasteiger partial charge in [0, 0.05) is 72.3 Å². The number of hydrogen-bond donors (Lipinski definition) is 0. The maximum absolute atomic E-state index is 13.9. The van der Waals surface area contributed by atoms with Crippen LogP contribution in [0.4, 0.5) is 5.69 Å². The number of methoxy groups -OCH3 is 1. The van der Waals surface area contributed by atoms with Crippen LogP contribution < -0.4 is 4.90 Å². The minimum absolute atomic E-state index is 0.0679. The zero-order valence-corrected chi connectivity index (χ0v) is 29.0. The number of carbonyl (C=O) groups is 1. The van der Waals surface area contributed by atoms with E-state index in [1.165, 1.54) is 34.1 Å². The summed E-state index contributed by atoms with van der Waals surface area (Å²) in [6, 6.07) is 19.2. The fraction of sp³-hybridized carbons (Fsp3) is 0.585. The number of likely N-dealkylation sites (N-methyl/N-ethyl adjacent to an activating group) is 1. The summed E-state index contributed by atoms with van der Waals surface area (Å²) in [7, 11) is 6.25. The van der Waals surface area contributed by atoms with Crippen LogP contribution in [0.2, 0.25) is 0 Å². The van der Waals surface area contributed by atoms with Gasteiger partial charge in [-0.15, -0.1) is 0 Å². The number of esters is 1. The summed E-state index contributed by atoms with van der Waals surface area (Å²) in [6.07, 6.45) is 9.04. The van der Waals surface area contributed by atoms with Crippen LogP contribution in [0.3, 0.4) is 0 Å². The number of anilines is 1. The van der Waals surface area contributed by atoms with Gasteiger partial charge in [0.15, 0.2) is 0 Å². The summed E-state index contributed by atoms with van der Waals surface area (Å²) >= 11 is 0. The maximum atomic E-state index is 13.9. The van der Waals surface area contributed by atoms with E-state index in [1.54, 1.807) is 18.4 Å². The molecule has 7 aliphatic rings. The van der Waals surface area contributed by atoms with Crippen LogP contribution in [0.5, 0.6) is 0 Å². The number of rotatable bonds is 4. The highest BCUT2D eigenvalue weighted by molar-refractivity contribution is 5.86. The Bertz CT molecular complexity index is 1830. The van der Waals surface area contributed by atoms with Crippen molar-refractivity contribution < 1.29 is 14.3 Å². The molecule has 7 aliphatic heterocycles. The van der Waals surface area contributed by atoms with Crippen LogP contribution in [0, 0.1) is 23.7 Å². The molecule has 5 saturated heterocycles. The van der Waals surface area contributed by atoms with Gasteiger partial charge in [0.2, 0.25) is 0 Å². The van der Waals surface area contributed by atoms with E-state index in [-0.39, 0.29) is 23.5 Å². The number of allylic oxidation sites excluding steroid dienone is 1. The number of hydrogen-bond acceptors (Lipinski definition) is 6. The number of benzene rings is 2. The fourth-order valence-corrected chi connectivity index (χ4v) is 12.9. The second kappa shape index (κ2) is 10.7. The highest BCUT2D eigenvalue weighted by Crippen LogP contribution is 2.63. The minimum atomic E-state index is -0.271. The van der Waals surface area contributed by atoms with E-state index < -0.39 is 0 Å². The molecular formula is C41H50N4O3. The number of piperidine rings is 4. The lowest BCUT2D eigenvalue weighted by Crippen LogP contribution is -2.76. The van der Waals surface area contributed by atoms with Crippen LogP contribution >= 0.6 is 0 Å². The van der Waals surface area contributed by atoms with Gasteiger partial charge in [-0.25, -0.2) is 4.79 Å². The number of aromatic nitrogens is 1. The monoisotopic (exact) mass is 646 g/mol. The van der Waals surface area contributed by atoms with Crippen LogP contribution in [0.25, 0.3) is 10.9 Å². The molecule has 1 aromatic heterocycles. The average Bonchev–Trinajstić information content (AvgIpc) is 3.56. The van der Waals surface area contributed by atoms with Crippen molar-refractivity contribution in [1.29, 1.82) is 0 Å². The highest BCUT2D eigenvalue weighted by Gasteiger charge is 2.67. The molecule has 0 saturated carbocycles. The van der Waals surface area contributed by atoms with Crippen LogP contribution in [-0.2, 0) is 27.7 Å². The molecule has 0 aliphatic carbocycles. The molecule has 10 atom stereocenters. The lowest BCUT2D eigenvalue weighted by molar-refractivity contribution is -0.147. The van der Waals surface area contributed by atoms with Crippen molar-refractivity contribution in [3.8, 4) is 0 Å². The van der Waals surface area contributed by atoms with Crippen LogP contribution in [0.15, 0.2) is 60.2 Å². The topological polar surface area (TPSA) is 50.2 Å². The summed E-state index contributed by atoms with van der Waals surface area (Å²) in [5.41, 5.74) is 8.53. The first-order chi connectivity index (χ1) is 23.5. The normalized spacial score (nSPS) is 38.9. The zero-order chi connectivity index (χ0) is 32.5. The molecule has 0 radical (unpaired) electrons. The van der Waals surface area contributed by atoms with Gasteiger partial charge in [0.25, 0.3) is 0 Å². The Morgan fingerprint density at radius 2 is 1.90 bits per heavy atom. The highest BCUT2D eigenvalue weighted by atomic mass is 16.5. The first kappa shape index (κ1) is 29.8. The van der Waals surface area contributed by atoms with E-state index in [2.05, 4.69) is 94.9 Å². The summed E-state index contributed by atoms with van der Waals surface area (Å²) in [6.45, 7) is 6.02. The SMILES string of the molecule is C/C=C1\CN2CC[C@@H]3c4ccccc4N4[C@H](C(=O)OC)[C@H]1C[C@H]2[C@]34CCC1COC[C@@H]2[C@H]1CC1c3c(c4ccccc4n3C)C[C@@H]2N1C. The molecule has 5 fully saturated rings. The molecule has 8 heterocycles. The van der Waals surface area contributed by atoms with Gasteiger partial charge in [-0.05, 0) is 94.1 Å². The smallest absolute Gasteiger partial charge is 0.329 e. The molecule has 0 amide bonds. The van der Waals surface area contributed by atoms with Gasteiger partial charge < -0.3 is 18.9 Å². The lowest BCUT2D eigenvalue weighted by Gasteiger charge is -2.65. The van der Waals surface area contributed by atoms with Gasteiger partial charge >= 0.3 is 5.97 Å². The predicted molar refractivity (Wildman–Crippen MR) is 188 cm³/mol. The van der Waals surface area contributed by atoms with Gasteiger partial charge in [-0.2, -0.15) is 0 Å². The lowest BCUT2D eigenvalue weighted by atomic mass is 9.59. The standard InChI is InChI=1S/C41H50N4O3/c1-5-24-21-44-17-15-32-27-11-7-9-13-34(27)45-39(40(46)47-4)29(24)20-37(44)41(32,45)16-14-25-22-48-23-31-28(25)18-36-38-30(19-35(31)42(36)2)26-10-6-8-12-33(26)43(38)3/h5-13,25,28-29,31-32,35-37,39H,14-23H2,1-4H3/b24-5+/t25?,28-,29-,31+,32+,35-,36?,37-,39-,41-/m0/s1. The predicted octanol–water partition coefficient (Wildman–Crippen LogP) is 6.08. The van der Waals surface area contributed by atoms with Gasteiger partial charge in [-0.1, -0.05) is 48.0 Å². The Kier molecular flexibility index (Phi) is 6.62. The molecule has 48 heavy (non-hydrogen) atoms. The van der Waals surface area contributed by atoms with E-state index in [0.29, 0.717) is 41.8 Å². The average molecular weight is 647 g/mol. The molecule has 2 unspecified atom stereocenters. The van der Waals surface area contributed by atoms with E-state index >= 15 is 0 Å². The third-order valence-electron chi connectivity index (χ3n) is 14.9. The van der Waals surface area contributed by atoms with E-state index in [1.807, 2.05) is 0 Å². The number of fused-ring (bicyclic) bond motifs is 12. The first-order valence-electron chi connectivity index (χ1n) is 18.7. The first-order valence-corrected chi connectivity index (χ1v) is 18.7. The summed E-state index contributed by atoms with van der Waals surface area (Å²) in [5.74, 6) is 2.30. The molecule has 7 nitrogen and oxygen atoms in total. The van der Waals surface area contributed by atoms with Crippen molar-refractivity contribution in [2.24, 2.45) is 30.7 Å². The largest absolute Gasteiger partial charge is 0.467 e. The van der Waals surface area contributed by atoms with Crippen molar-refractivity contribution in [3.05, 3.63) is 77.0 Å². The van der Waals surface area contributed by atoms with Crippen molar-refractivity contribution >= 4 is 22.6 Å². The molecule has 3 aromatic rings. The molecular weight excluding hydrogens is 596 g/mol. The zero-order valence-electron chi connectivity index (χ0n) is 29.0. The number of nitrogens with zero attached hydrogens (tertiary/aromatic N) is 4. The molecule has 2 aromatic carbocycles. The number of aryl methyl sites for hydroxylation is 1. The molecule has 252 valence electrons. The molecule has 4 bridgehead atoms. The van der Waals surface area contributed by atoms with Crippen molar-refractivity contribution in [1.82, 2.24) is 14.4 Å². The molecule has 0 N–H and O–H groups in total. The quantitative estimate of drug-likeness (QED) is 0.253. The Morgan fingerprint density at radius 1 is 1.06 bits per heavy atom. The van der Waals surface area contributed by atoms with Crippen molar-refractivity contribution in [2.75, 3.05) is 45.4 Å². The molecule has 10 rings (SSSR count). The summed E-state index contributed by atoms with van der Waals surface area (Å²) in [4.78, 5) is 22.1. The van der Waals surface area contributed by atoms with Gasteiger partial charge in [-0.3, -0.25) is 9.80 Å². The third-order valence-corrected chi connectivity index (χ3v) is 14.9. The Labute approximate surface area is 284 Å². The molecule has 7 heteroatoms. The van der Waals surface area contributed by atoms with E-state index in [4.69, 9.17) is 9.47 Å². The van der Waals surface area contributed by atoms with Crippen LogP contribution in [0.1, 0.15) is 67.8 Å². The maximum Gasteiger partial charge on any atom is 0.329 e. The van der Waals surface area contributed by atoms with E-state index in [0.717, 1.165) is 58.4 Å². The van der Waals surface area contributed by atoms with E-state index in [9.17, 15) is 4.79 Å². The Balaban J connectivity index is 1.03. The Hall–Kier alpha value is -3.13. The van der Waals surface area contributed by atoms with Crippen molar-refractivity contribution in [3.63, 3.8) is 0 Å². The third kappa shape index (κ3) is 3.73. The second-order valence-corrected chi connectivity index (χ2v) is 16.2. The van der Waals surface area contributed by atoms with Gasteiger partial charge in [0.05, 0.1) is 25.3 Å². The number of ether oxygens (including phenoxy) is 2. The fourth-order valence-electron chi connectivity index (χ4n) is 12.9. The summed E-state index contributed by atoms with van der Waals surface area (Å²) < 4.78 is 14.7. The number of carbonyl (C=O) groups excluding carboxylic acids is 1. The minimum Gasteiger partial charge on any atom is -0.467 e. The van der Waals surface area contributed by atoms with Crippen LogP contribution in [-0.4, -0.2) is 84.5 Å². The van der Waals surface area contributed by atoms with Gasteiger partial charge in [0.1, 0.15) is 6.04 Å². The van der Waals surface area contributed by atoms with Crippen molar-refractivity contribution in [2.45, 2.75) is 81.1 Å². The summed E-state index contributed by atoms with van der Waals surface area (Å²) in [5, 5.41) is 1.44. The Morgan fingerprint density at radius 3 is 2.75 bits per heavy atom.